The molecule has 3 aliphatic carbocycles. The van der Waals surface area contributed by atoms with Gasteiger partial charge in [-0.25, -0.2) is 9.86 Å². The number of carbonyl (C=O) groups excluding carboxylic acids is 4. The summed E-state index contributed by atoms with van der Waals surface area (Å²) in [4.78, 5) is 50.9. The number of amides is 4. The molecule has 10 nitrogen and oxygen atoms in total. The van der Waals surface area contributed by atoms with Crippen molar-refractivity contribution in [1.82, 2.24) is 15.3 Å². The van der Waals surface area contributed by atoms with Crippen LogP contribution in [-0.2, 0) is 19.1 Å². The number of hydrogen-bond donors (Lipinski definition) is 3. The largest absolute Gasteiger partial charge is 0.446 e. The third-order valence-electron chi connectivity index (χ3n) is 7.54. The molecule has 0 radical (unpaired) electrons. The third kappa shape index (κ3) is 4.41. The van der Waals surface area contributed by atoms with Crippen molar-refractivity contribution in [3.63, 3.8) is 0 Å². The van der Waals surface area contributed by atoms with Crippen LogP contribution in [0.15, 0.2) is 0 Å². The standard InChI is InChI=1S/C21H32N4O6/c22-14-8-15(9-14)31-20(29)23-18(27)17-6-3-7-25(17)19(28)21(11-24(30)12-26)10-16(21)13-4-1-2-5-13/h12-17,30H,1-11,22H2,(H,23,27,29)/t14?,15?,16-,17+,21-/m1/s1. The van der Waals surface area contributed by atoms with E-state index >= 15 is 0 Å². The van der Waals surface area contributed by atoms with E-state index in [1.807, 2.05) is 0 Å². The lowest BCUT2D eigenvalue weighted by atomic mass is 9.90. The van der Waals surface area contributed by atoms with Gasteiger partial charge < -0.3 is 15.4 Å². The Labute approximate surface area is 181 Å². The lowest BCUT2D eigenvalue weighted by Crippen LogP contribution is -2.52. The minimum absolute atomic E-state index is 0.0245. The Balaban J connectivity index is 1.41. The molecule has 3 atom stereocenters. The normalized spacial score (nSPS) is 34.7. The number of carbonyl (C=O) groups is 4. The molecular weight excluding hydrogens is 404 g/mol. The first-order valence-electron chi connectivity index (χ1n) is 11.3. The quantitative estimate of drug-likeness (QED) is 0.304. The molecule has 4 aliphatic rings. The second-order valence-electron chi connectivity index (χ2n) is 9.62. The van der Waals surface area contributed by atoms with Crippen molar-refractivity contribution in [2.45, 2.75) is 76.0 Å². The molecule has 0 aromatic carbocycles. The first kappa shape index (κ1) is 22.0. The molecule has 4 amide bonds. The fraction of sp³-hybridized carbons (Fsp3) is 0.810. The molecule has 4 fully saturated rings. The number of rotatable bonds is 7. The number of ether oxygens (including phenoxy) is 1. The van der Waals surface area contributed by atoms with E-state index in [9.17, 15) is 24.4 Å². The van der Waals surface area contributed by atoms with Gasteiger partial charge in [-0.2, -0.15) is 0 Å². The van der Waals surface area contributed by atoms with Gasteiger partial charge in [-0.05, 0) is 43.9 Å². The second-order valence-corrected chi connectivity index (χ2v) is 9.62. The molecule has 0 unspecified atom stereocenters. The summed E-state index contributed by atoms with van der Waals surface area (Å²) in [5.74, 6) is -0.248. The van der Waals surface area contributed by atoms with E-state index in [1.165, 1.54) is 4.90 Å². The van der Waals surface area contributed by atoms with Gasteiger partial charge in [-0.3, -0.25) is 24.9 Å². The molecule has 1 heterocycles. The number of nitrogens with zero attached hydrogens (tertiary/aromatic N) is 2. The molecule has 1 aliphatic heterocycles. The molecule has 31 heavy (non-hydrogen) atoms. The van der Waals surface area contributed by atoms with Crippen molar-refractivity contribution in [1.29, 1.82) is 0 Å². The van der Waals surface area contributed by atoms with Crippen LogP contribution < -0.4 is 11.1 Å². The maximum atomic E-state index is 13.6. The van der Waals surface area contributed by atoms with Gasteiger partial charge in [0.05, 0.1) is 12.0 Å². The van der Waals surface area contributed by atoms with Crippen LogP contribution in [0, 0.1) is 17.3 Å². The topological polar surface area (TPSA) is 142 Å². The molecule has 0 spiro atoms. The van der Waals surface area contributed by atoms with E-state index in [2.05, 4.69) is 5.32 Å². The van der Waals surface area contributed by atoms with Gasteiger partial charge in [-0.1, -0.05) is 25.7 Å². The average Bonchev–Trinajstić information content (AvgIpc) is 3.10. The Morgan fingerprint density at radius 3 is 2.55 bits per heavy atom. The average molecular weight is 437 g/mol. The molecule has 0 bridgehead atoms. The van der Waals surface area contributed by atoms with Crippen LogP contribution in [0.4, 0.5) is 4.79 Å². The number of alkyl carbamates (subject to hydrolysis) is 1. The van der Waals surface area contributed by atoms with E-state index in [-0.39, 0.29) is 30.5 Å². The molecule has 10 heteroatoms. The van der Waals surface area contributed by atoms with Crippen LogP contribution >= 0.6 is 0 Å². The van der Waals surface area contributed by atoms with Crippen molar-refractivity contribution in [2.75, 3.05) is 13.1 Å². The Hall–Kier alpha value is -2.20. The molecule has 0 aromatic heterocycles. The highest BCUT2D eigenvalue weighted by Crippen LogP contribution is 2.61. The molecule has 4 N–H and O–H groups in total. The SMILES string of the molecule is NC1CC(OC(=O)NC(=O)[C@@H]2CCCN2C(=O)[C@@]2(CN(O)C=O)C[C@@H]2C2CCCC2)C1. The minimum Gasteiger partial charge on any atom is -0.446 e. The van der Waals surface area contributed by atoms with Crippen LogP contribution in [0.2, 0.25) is 0 Å². The summed E-state index contributed by atoms with van der Waals surface area (Å²) in [5.41, 5.74) is 4.83. The van der Waals surface area contributed by atoms with Gasteiger partial charge in [-0.15, -0.1) is 0 Å². The van der Waals surface area contributed by atoms with E-state index in [1.54, 1.807) is 0 Å². The molecule has 0 aromatic rings. The van der Waals surface area contributed by atoms with Crippen LogP contribution in [-0.4, -0.2) is 70.8 Å². The molecule has 4 rings (SSSR count). The van der Waals surface area contributed by atoms with E-state index in [0.717, 1.165) is 25.7 Å². The number of hydroxylamine groups is 2. The number of hydrogen-bond acceptors (Lipinski definition) is 7. The molecular formula is C21H32N4O6. The minimum atomic E-state index is -0.851. The summed E-state index contributed by atoms with van der Waals surface area (Å²) >= 11 is 0. The van der Waals surface area contributed by atoms with Gasteiger partial charge in [0.1, 0.15) is 12.1 Å². The van der Waals surface area contributed by atoms with Gasteiger partial charge in [0.25, 0.3) is 5.91 Å². The summed E-state index contributed by atoms with van der Waals surface area (Å²) in [6, 6.07) is -0.731. The second kappa shape index (κ2) is 8.74. The van der Waals surface area contributed by atoms with Crippen molar-refractivity contribution in [3.8, 4) is 0 Å². The molecule has 172 valence electrons. The monoisotopic (exact) mass is 436 g/mol. The van der Waals surface area contributed by atoms with Gasteiger partial charge in [0.15, 0.2) is 0 Å². The maximum absolute atomic E-state index is 13.6. The summed E-state index contributed by atoms with van der Waals surface area (Å²) in [7, 11) is 0. The number of likely N-dealkylation sites (tertiary alicyclic amines) is 1. The highest BCUT2D eigenvalue weighted by Gasteiger charge is 2.65. The highest BCUT2D eigenvalue weighted by atomic mass is 16.6. The number of nitrogens with one attached hydrogen (secondary N) is 1. The Morgan fingerprint density at radius 2 is 1.90 bits per heavy atom. The fourth-order valence-electron chi connectivity index (χ4n) is 5.77. The predicted molar refractivity (Wildman–Crippen MR) is 107 cm³/mol. The summed E-state index contributed by atoms with van der Waals surface area (Å²) < 4.78 is 5.18. The Kier molecular flexibility index (Phi) is 6.20. The van der Waals surface area contributed by atoms with E-state index in [0.29, 0.717) is 56.0 Å². The number of nitrogens with two attached hydrogens (primary N) is 1. The van der Waals surface area contributed by atoms with Crippen molar-refractivity contribution < 1.29 is 29.1 Å². The maximum Gasteiger partial charge on any atom is 0.414 e. The van der Waals surface area contributed by atoms with E-state index in [4.69, 9.17) is 10.5 Å². The van der Waals surface area contributed by atoms with E-state index < -0.39 is 23.5 Å². The first-order valence-corrected chi connectivity index (χ1v) is 11.3. The predicted octanol–water partition coefficient (Wildman–Crippen LogP) is 0.764. The van der Waals surface area contributed by atoms with Crippen LogP contribution in [0.3, 0.4) is 0 Å². The smallest absolute Gasteiger partial charge is 0.414 e. The Morgan fingerprint density at radius 1 is 1.19 bits per heavy atom. The zero-order chi connectivity index (χ0) is 22.2. The highest BCUT2D eigenvalue weighted by molar-refractivity contribution is 5.98. The van der Waals surface area contributed by atoms with Crippen molar-refractivity contribution in [3.05, 3.63) is 0 Å². The summed E-state index contributed by atoms with van der Waals surface area (Å²) in [6.07, 6.45) is 6.46. The molecule has 1 saturated heterocycles. The summed E-state index contributed by atoms with van der Waals surface area (Å²) in [6.45, 7) is 0.348. The Bertz CT molecular complexity index is 735. The van der Waals surface area contributed by atoms with Crippen LogP contribution in [0.5, 0.6) is 0 Å². The van der Waals surface area contributed by atoms with Gasteiger partial charge in [0.2, 0.25) is 12.3 Å². The van der Waals surface area contributed by atoms with Crippen molar-refractivity contribution in [2.24, 2.45) is 23.0 Å². The van der Waals surface area contributed by atoms with Gasteiger partial charge >= 0.3 is 6.09 Å². The lowest BCUT2D eigenvalue weighted by Gasteiger charge is -2.32. The third-order valence-corrected chi connectivity index (χ3v) is 7.54. The number of imide groups is 1. The van der Waals surface area contributed by atoms with Crippen LogP contribution in [0.1, 0.15) is 57.8 Å². The van der Waals surface area contributed by atoms with Gasteiger partial charge in [0, 0.05) is 12.6 Å². The first-order chi connectivity index (χ1) is 14.8. The zero-order valence-electron chi connectivity index (χ0n) is 17.7. The molecule has 3 saturated carbocycles. The lowest BCUT2D eigenvalue weighted by molar-refractivity contribution is -0.160. The van der Waals surface area contributed by atoms with Crippen molar-refractivity contribution >= 4 is 24.3 Å². The fourth-order valence-corrected chi connectivity index (χ4v) is 5.77. The van der Waals surface area contributed by atoms with Crippen LogP contribution in [0.25, 0.3) is 0 Å². The zero-order valence-corrected chi connectivity index (χ0v) is 17.7. The summed E-state index contributed by atoms with van der Waals surface area (Å²) in [5, 5.41) is 12.7.